The zero-order valence-electron chi connectivity index (χ0n) is 23.6. The fraction of sp³-hybridized carbons (Fsp3) is 0.645. The molecule has 1 aliphatic heterocycles. The van der Waals surface area contributed by atoms with Crippen LogP contribution in [0.5, 0.6) is 0 Å². The molecule has 208 valence electrons. The van der Waals surface area contributed by atoms with Gasteiger partial charge in [0.2, 0.25) is 5.91 Å². The number of nitrogens with zero attached hydrogens (tertiary/aromatic N) is 1. The lowest BCUT2D eigenvalue weighted by atomic mass is 9.63. The highest BCUT2D eigenvalue weighted by atomic mass is 16.3. The molecule has 0 unspecified atom stereocenters. The number of hydrogen-bond acceptors (Lipinski definition) is 5. The maximum Gasteiger partial charge on any atom is 0.287 e. The summed E-state index contributed by atoms with van der Waals surface area (Å²) in [7, 11) is 0. The molecule has 7 heteroatoms. The lowest BCUT2D eigenvalue weighted by Gasteiger charge is -2.47. The van der Waals surface area contributed by atoms with Crippen molar-refractivity contribution in [3.05, 3.63) is 45.8 Å². The van der Waals surface area contributed by atoms with E-state index < -0.39 is 0 Å². The second-order valence-corrected chi connectivity index (χ2v) is 12.0. The van der Waals surface area contributed by atoms with Gasteiger partial charge in [-0.1, -0.05) is 39.2 Å². The fourth-order valence-electron chi connectivity index (χ4n) is 6.29. The van der Waals surface area contributed by atoms with Crippen molar-refractivity contribution in [2.75, 3.05) is 26.2 Å². The first-order chi connectivity index (χ1) is 18.2. The van der Waals surface area contributed by atoms with Crippen LogP contribution < -0.4 is 16.1 Å². The summed E-state index contributed by atoms with van der Waals surface area (Å²) in [5, 5.41) is 6.64. The number of benzene rings is 1. The van der Waals surface area contributed by atoms with Crippen LogP contribution in [0.4, 0.5) is 0 Å². The summed E-state index contributed by atoms with van der Waals surface area (Å²) >= 11 is 0. The largest absolute Gasteiger partial charge is 0.451 e. The number of hydrogen-bond donors (Lipinski definition) is 2. The molecule has 0 atom stereocenters. The molecule has 0 radical (unpaired) electrons. The monoisotopic (exact) mass is 523 g/mol. The minimum Gasteiger partial charge on any atom is -0.451 e. The SMILES string of the molecule is CC(C)NC(=O)C1(C2CCCCC2)CCN(CCCNC(=O)c2cc(=O)c3cc(C(C)C)ccc3o2)CC1. The van der Waals surface area contributed by atoms with E-state index in [0.29, 0.717) is 29.3 Å². The Bertz CT molecular complexity index is 1170. The Kier molecular flexibility index (Phi) is 9.29. The van der Waals surface area contributed by atoms with Gasteiger partial charge in [-0.05, 0) is 95.1 Å². The molecule has 2 aromatic rings. The summed E-state index contributed by atoms with van der Waals surface area (Å²) in [6, 6.07) is 7.01. The molecule has 1 aromatic heterocycles. The molecule has 7 nitrogen and oxygen atoms in total. The Morgan fingerprint density at radius 1 is 1.05 bits per heavy atom. The lowest BCUT2D eigenvalue weighted by molar-refractivity contribution is -0.140. The maximum absolute atomic E-state index is 13.4. The summed E-state index contributed by atoms with van der Waals surface area (Å²) < 4.78 is 5.76. The standard InChI is InChI=1S/C31H45N3O4/c1-21(2)23-11-12-27-25(19-23)26(35)20-28(38-27)29(36)32-15-8-16-34-17-13-31(14-18-34,30(37)33-22(3)4)24-9-6-5-7-10-24/h11-12,19-22,24H,5-10,13-18H2,1-4H3,(H,32,36)(H,33,37). The maximum atomic E-state index is 13.4. The average molecular weight is 524 g/mol. The molecular weight excluding hydrogens is 478 g/mol. The molecule has 1 saturated carbocycles. The minimum atomic E-state index is -0.364. The number of carbonyl (C=O) groups is 2. The topological polar surface area (TPSA) is 91.7 Å². The van der Waals surface area contributed by atoms with Gasteiger partial charge in [-0.2, -0.15) is 0 Å². The molecule has 2 heterocycles. The Hall–Kier alpha value is -2.67. The molecule has 0 bridgehead atoms. The molecule has 0 spiro atoms. The zero-order chi connectivity index (χ0) is 27.3. The number of rotatable bonds is 9. The molecule has 2 aliphatic rings. The quantitative estimate of drug-likeness (QED) is 0.440. The van der Waals surface area contributed by atoms with Crippen LogP contribution in [-0.2, 0) is 4.79 Å². The number of piperidine rings is 1. The van der Waals surface area contributed by atoms with Gasteiger partial charge in [-0.25, -0.2) is 0 Å². The molecule has 1 aliphatic carbocycles. The van der Waals surface area contributed by atoms with E-state index in [4.69, 9.17) is 4.42 Å². The van der Waals surface area contributed by atoms with Crippen LogP contribution in [0.15, 0.2) is 33.5 Å². The molecule has 1 saturated heterocycles. The van der Waals surface area contributed by atoms with E-state index in [-0.39, 0.29) is 34.5 Å². The van der Waals surface area contributed by atoms with Gasteiger partial charge < -0.3 is 20.0 Å². The van der Waals surface area contributed by atoms with Crippen LogP contribution in [0, 0.1) is 11.3 Å². The highest BCUT2D eigenvalue weighted by Crippen LogP contribution is 2.46. The number of likely N-dealkylation sites (tertiary alicyclic amines) is 1. The van der Waals surface area contributed by atoms with Gasteiger partial charge in [0.05, 0.1) is 10.8 Å². The van der Waals surface area contributed by atoms with E-state index in [1.54, 1.807) is 6.07 Å². The smallest absolute Gasteiger partial charge is 0.287 e. The summed E-state index contributed by atoms with van der Waals surface area (Å²) in [6.45, 7) is 11.4. The van der Waals surface area contributed by atoms with E-state index in [9.17, 15) is 14.4 Å². The molecule has 2 N–H and O–H groups in total. The van der Waals surface area contributed by atoms with Gasteiger partial charge >= 0.3 is 0 Å². The molecule has 2 amide bonds. The van der Waals surface area contributed by atoms with Gasteiger partial charge in [0.15, 0.2) is 11.2 Å². The Balaban J connectivity index is 1.28. The summed E-state index contributed by atoms with van der Waals surface area (Å²) in [4.78, 5) is 41.1. The highest BCUT2D eigenvalue weighted by Gasteiger charge is 2.47. The number of carbonyl (C=O) groups excluding carboxylic acids is 2. The Morgan fingerprint density at radius 2 is 1.76 bits per heavy atom. The van der Waals surface area contributed by atoms with E-state index in [1.807, 2.05) is 26.0 Å². The van der Waals surface area contributed by atoms with Gasteiger partial charge in [0, 0.05) is 18.7 Å². The average Bonchev–Trinajstić information content (AvgIpc) is 2.91. The zero-order valence-corrected chi connectivity index (χ0v) is 23.6. The van der Waals surface area contributed by atoms with Crippen molar-refractivity contribution in [1.29, 1.82) is 0 Å². The van der Waals surface area contributed by atoms with Crippen LogP contribution in [0.2, 0.25) is 0 Å². The second-order valence-electron chi connectivity index (χ2n) is 12.0. The molecule has 2 fully saturated rings. The molecular formula is C31H45N3O4. The number of amides is 2. The van der Waals surface area contributed by atoms with Crippen LogP contribution in [-0.4, -0.2) is 48.9 Å². The number of fused-ring (bicyclic) bond motifs is 1. The molecule has 38 heavy (non-hydrogen) atoms. The molecule has 4 rings (SSSR count). The van der Waals surface area contributed by atoms with Crippen molar-refractivity contribution in [1.82, 2.24) is 15.5 Å². The van der Waals surface area contributed by atoms with E-state index in [1.165, 1.54) is 38.2 Å². The fourth-order valence-corrected chi connectivity index (χ4v) is 6.29. The van der Waals surface area contributed by atoms with Crippen LogP contribution in [0.1, 0.15) is 101 Å². The summed E-state index contributed by atoms with van der Waals surface area (Å²) in [5.41, 5.74) is 1.06. The van der Waals surface area contributed by atoms with Crippen molar-refractivity contribution in [2.24, 2.45) is 11.3 Å². The van der Waals surface area contributed by atoms with Crippen molar-refractivity contribution in [3.8, 4) is 0 Å². The first-order valence-electron chi connectivity index (χ1n) is 14.6. The second kappa shape index (κ2) is 12.5. The summed E-state index contributed by atoms with van der Waals surface area (Å²) in [5.74, 6) is 0.736. The van der Waals surface area contributed by atoms with Gasteiger partial charge in [-0.3, -0.25) is 14.4 Å². The predicted octanol–water partition coefficient (Wildman–Crippen LogP) is 5.22. The van der Waals surface area contributed by atoms with Crippen molar-refractivity contribution in [3.63, 3.8) is 0 Å². The number of nitrogens with one attached hydrogen (secondary N) is 2. The normalized spacial score (nSPS) is 18.7. The summed E-state index contributed by atoms with van der Waals surface area (Å²) in [6.07, 6.45) is 8.71. The Labute approximate surface area is 226 Å². The van der Waals surface area contributed by atoms with E-state index in [2.05, 4.69) is 29.4 Å². The van der Waals surface area contributed by atoms with Gasteiger partial charge in [0.1, 0.15) is 5.58 Å². The van der Waals surface area contributed by atoms with Crippen molar-refractivity contribution < 1.29 is 14.0 Å². The first kappa shape index (κ1) is 28.3. The van der Waals surface area contributed by atoms with Crippen LogP contribution in [0.25, 0.3) is 11.0 Å². The highest BCUT2D eigenvalue weighted by molar-refractivity contribution is 5.93. The predicted molar refractivity (Wildman–Crippen MR) is 151 cm³/mol. The third-order valence-corrected chi connectivity index (χ3v) is 8.59. The van der Waals surface area contributed by atoms with Crippen molar-refractivity contribution >= 4 is 22.8 Å². The minimum absolute atomic E-state index is 0.0474. The third kappa shape index (κ3) is 6.48. The Morgan fingerprint density at radius 3 is 2.42 bits per heavy atom. The van der Waals surface area contributed by atoms with Gasteiger partial charge in [0.25, 0.3) is 5.91 Å². The van der Waals surface area contributed by atoms with Gasteiger partial charge in [-0.15, -0.1) is 0 Å². The van der Waals surface area contributed by atoms with E-state index in [0.717, 1.165) is 44.5 Å². The molecule has 1 aromatic carbocycles. The third-order valence-electron chi connectivity index (χ3n) is 8.59. The van der Waals surface area contributed by atoms with Crippen LogP contribution >= 0.6 is 0 Å². The first-order valence-corrected chi connectivity index (χ1v) is 14.6. The van der Waals surface area contributed by atoms with Crippen molar-refractivity contribution in [2.45, 2.75) is 91.0 Å². The van der Waals surface area contributed by atoms with Crippen LogP contribution in [0.3, 0.4) is 0 Å². The van der Waals surface area contributed by atoms with E-state index >= 15 is 0 Å². The lowest BCUT2D eigenvalue weighted by Crippen LogP contribution is -2.54.